The van der Waals surface area contributed by atoms with Gasteiger partial charge in [-0.15, -0.1) is 0 Å². The molecular weight excluding hydrogens is 634 g/mol. The third kappa shape index (κ3) is 10.1. The highest BCUT2D eigenvalue weighted by Crippen LogP contribution is 2.60. The predicted molar refractivity (Wildman–Crippen MR) is 198 cm³/mol. The summed E-state index contributed by atoms with van der Waals surface area (Å²) >= 11 is 6.18. The van der Waals surface area contributed by atoms with Gasteiger partial charge in [0.25, 0.3) is 0 Å². The van der Waals surface area contributed by atoms with Gasteiger partial charge in [0.05, 0.1) is 0 Å². The molecular formula is C42H64ClNO5. The first-order valence-electron chi connectivity index (χ1n) is 19.2. The number of allylic oxidation sites excluding steroid dienone is 2. The Kier molecular flexibility index (Phi) is 13.5. The Labute approximate surface area is 302 Å². The monoisotopic (exact) mass is 697 g/mol. The molecule has 0 aliphatic heterocycles. The van der Waals surface area contributed by atoms with Crippen molar-refractivity contribution >= 4 is 29.4 Å². The van der Waals surface area contributed by atoms with E-state index in [9.17, 15) is 14.4 Å². The Balaban J connectivity index is 1.59. The Morgan fingerprint density at radius 3 is 2.35 bits per heavy atom. The fourth-order valence-electron chi connectivity index (χ4n) is 9.41. The molecule has 2 saturated carbocycles. The summed E-state index contributed by atoms with van der Waals surface area (Å²) in [6.07, 6.45) is 10.9. The second-order valence-corrected chi connectivity index (χ2v) is 17.5. The molecule has 0 spiro atoms. The van der Waals surface area contributed by atoms with Crippen molar-refractivity contribution in [2.45, 2.75) is 151 Å². The molecule has 6 nitrogen and oxygen atoms in total. The van der Waals surface area contributed by atoms with E-state index in [0.29, 0.717) is 59.9 Å². The molecule has 0 heterocycles. The van der Waals surface area contributed by atoms with Gasteiger partial charge in [-0.1, -0.05) is 83.2 Å². The number of carbonyl (C=O) groups is 3. The van der Waals surface area contributed by atoms with E-state index in [2.05, 4.69) is 34.6 Å². The maximum absolute atomic E-state index is 14.0. The zero-order valence-corrected chi connectivity index (χ0v) is 32.7. The molecule has 0 saturated heterocycles. The summed E-state index contributed by atoms with van der Waals surface area (Å²) in [6.45, 7) is 19.5. The molecule has 1 aromatic rings. The van der Waals surface area contributed by atoms with Crippen molar-refractivity contribution in [3.63, 3.8) is 0 Å². The van der Waals surface area contributed by atoms with Gasteiger partial charge in [-0.25, -0.2) is 4.79 Å². The molecule has 3 aliphatic carbocycles. The minimum Gasteiger partial charge on any atom is -0.462 e. The first-order valence-corrected chi connectivity index (χ1v) is 19.6. The number of amides is 1. The van der Waals surface area contributed by atoms with Crippen molar-refractivity contribution in [1.82, 2.24) is 4.90 Å². The quantitative estimate of drug-likeness (QED) is 0.192. The molecule has 2 fully saturated rings. The first kappa shape index (κ1) is 39.4. The van der Waals surface area contributed by atoms with Gasteiger partial charge in [0.15, 0.2) is 5.78 Å². The molecule has 7 atom stereocenters. The number of carbonyl (C=O) groups excluding carboxylic acids is 3. The van der Waals surface area contributed by atoms with Crippen LogP contribution in [-0.4, -0.2) is 41.0 Å². The molecule has 49 heavy (non-hydrogen) atoms. The molecule has 1 amide bonds. The lowest BCUT2D eigenvalue weighted by molar-refractivity contribution is -0.151. The summed E-state index contributed by atoms with van der Waals surface area (Å²) < 4.78 is 11.5. The molecule has 1 aromatic carbocycles. The van der Waals surface area contributed by atoms with Crippen LogP contribution in [0.5, 0.6) is 0 Å². The van der Waals surface area contributed by atoms with Crippen LogP contribution in [-0.2, 0) is 25.6 Å². The van der Waals surface area contributed by atoms with Crippen molar-refractivity contribution < 1.29 is 23.9 Å². The predicted octanol–water partition coefficient (Wildman–Crippen LogP) is 11.0. The van der Waals surface area contributed by atoms with Crippen LogP contribution in [0.3, 0.4) is 0 Å². The van der Waals surface area contributed by atoms with Crippen LogP contribution < -0.4 is 0 Å². The number of ether oxygens (including phenoxy) is 2. The molecule has 7 heteroatoms. The second-order valence-electron chi connectivity index (χ2n) is 17.1. The Morgan fingerprint density at radius 1 is 1.06 bits per heavy atom. The number of hydrogen-bond donors (Lipinski definition) is 0. The van der Waals surface area contributed by atoms with Crippen molar-refractivity contribution in [2.24, 2.45) is 40.9 Å². The van der Waals surface area contributed by atoms with Crippen molar-refractivity contribution in [1.29, 1.82) is 0 Å². The van der Waals surface area contributed by atoms with Crippen molar-refractivity contribution in [2.75, 3.05) is 6.54 Å². The molecule has 274 valence electrons. The second kappa shape index (κ2) is 16.8. The summed E-state index contributed by atoms with van der Waals surface area (Å²) in [6, 6.07) is 7.66. The molecule has 0 aromatic heterocycles. The van der Waals surface area contributed by atoms with Gasteiger partial charge in [-0.2, -0.15) is 0 Å². The van der Waals surface area contributed by atoms with E-state index in [1.165, 1.54) is 18.9 Å². The van der Waals surface area contributed by atoms with Gasteiger partial charge in [0.2, 0.25) is 0 Å². The Hall–Kier alpha value is -2.34. The van der Waals surface area contributed by atoms with E-state index in [1.54, 1.807) is 0 Å². The number of hydrogen-bond acceptors (Lipinski definition) is 5. The van der Waals surface area contributed by atoms with E-state index in [-0.39, 0.29) is 29.5 Å². The average Bonchev–Trinajstić information content (AvgIpc) is 3.32. The summed E-state index contributed by atoms with van der Waals surface area (Å²) in [4.78, 5) is 41.1. The fraction of sp³-hybridized carbons (Fsp3) is 0.738. The summed E-state index contributed by atoms with van der Waals surface area (Å²) in [5.41, 5.74) is 2.69. The zero-order valence-electron chi connectivity index (χ0n) is 31.9. The largest absolute Gasteiger partial charge is 0.462 e. The molecule has 4 rings (SSSR count). The number of nitrogens with zero attached hydrogens (tertiary/aromatic N) is 1. The number of rotatable bonds is 13. The summed E-state index contributed by atoms with van der Waals surface area (Å²) in [7, 11) is 0. The smallest absolute Gasteiger partial charge is 0.410 e. The van der Waals surface area contributed by atoms with Gasteiger partial charge in [0, 0.05) is 36.9 Å². The van der Waals surface area contributed by atoms with Gasteiger partial charge < -0.3 is 14.4 Å². The lowest BCUT2D eigenvalue weighted by Gasteiger charge is -2.48. The standard InChI is InChI=1S/C42H64ClNO5/c1-10-28(4)34-20-21-42(22-23-44(40(47)49-41(7,8)9)26-32-14-17-33(43)18-15-32)25-36(46)38(27(2)3)39(42)35(34)13-11-12-31-16-19-37(29(5)24-31)48-30(6)45/h14-15,17-18,27-29,31,34-35,37H,10-13,16,19-26H2,1-9H3. The third-order valence-electron chi connectivity index (χ3n) is 11.9. The third-order valence-corrected chi connectivity index (χ3v) is 12.2. The number of halogens is 1. The number of benzene rings is 1. The highest BCUT2D eigenvalue weighted by molar-refractivity contribution is 6.30. The van der Waals surface area contributed by atoms with Crippen LogP contribution in [0, 0.1) is 40.9 Å². The Morgan fingerprint density at radius 2 is 1.76 bits per heavy atom. The maximum atomic E-state index is 14.0. The van der Waals surface area contributed by atoms with Crippen LogP contribution in [0.4, 0.5) is 4.79 Å². The van der Waals surface area contributed by atoms with E-state index in [0.717, 1.165) is 68.9 Å². The molecule has 0 radical (unpaired) electrons. The van der Waals surface area contributed by atoms with Gasteiger partial charge >= 0.3 is 12.1 Å². The van der Waals surface area contributed by atoms with Crippen LogP contribution in [0.1, 0.15) is 139 Å². The highest BCUT2D eigenvalue weighted by Gasteiger charge is 2.53. The van der Waals surface area contributed by atoms with Crippen LogP contribution in [0.25, 0.3) is 0 Å². The number of ketones is 1. The fourth-order valence-corrected chi connectivity index (χ4v) is 9.53. The lowest BCUT2D eigenvalue weighted by atomic mass is 9.57. The number of Topliss-reactive ketones (excluding diaryl/α,β-unsaturated/α-hetero) is 1. The van der Waals surface area contributed by atoms with Gasteiger partial charge in [0.1, 0.15) is 11.7 Å². The van der Waals surface area contributed by atoms with E-state index < -0.39 is 5.60 Å². The maximum Gasteiger partial charge on any atom is 0.410 e. The van der Waals surface area contributed by atoms with Gasteiger partial charge in [-0.05, 0) is 124 Å². The molecule has 7 unspecified atom stereocenters. The highest BCUT2D eigenvalue weighted by atomic mass is 35.5. The van der Waals surface area contributed by atoms with E-state index in [1.807, 2.05) is 49.9 Å². The number of esters is 1. The first-order chi connectivity index (χ1) is 23.0. The van der Waals surface area contributed by atoms with Crippen LogP contribution in [0.15, 0.2) is 35.4 Å². The van der Waals surface area contributed by atoms with E-state index in [4.69, 9.17) is 21.1 Å². The average molecular weight is 698 g/mol. The molecule has 0 bridgehead atoms. The van der Waals surface area contributed by atoms with Crippen LogP contribution >= 0.6 is 11.6 Å². The number of fused-ring (bicyclic) bond motifs is 1. The molecule has 3 aliphatic rings. The van der Waals surface area contributed by atoms with Crippen LogP contribution in [0.2, 0.25) is 5.02 Å². The lowest BCUT2D eigenvalue weighted by Crippen LogP contribution is -2.42. The van der Waals surface area contributed by atoms with Crippen molar-refractivity contribution in [3.8, 4) is 0 Å². The van der Waals surface area contributed by atoms with Gasteiger partial charge in [-0.3, -0.25) is 9.59 Å². The minimum atomic E-state index is -0.607. The Bertz CT molecular complexity index is 1330. The van der Waals surface area contributed by atoms with E-state index >= 15 is 0 Å². The molecule has 0 N–H and O–H groups in total. The van der Waals surface area contributed by atoms with Crippen molar-refractivity contribution in [3.05, 3.63) is 46.0 Å². The normalized spacial score (nSPS) is 28.0. The zero-order chi connectivity index (χ0) is 36.1. The SMILES string of the molecule is CCC(C)C1CCC2(CCN(Cc3ccc(Cl)cc3)C(=O)OC(C)(C)C)CC(=O)C(C(C)C)=C2C1CCCC1CCC(OC(C)=O)C(C)C1. The summed E-state index contributed by atoms with van der Waals surface area (Å²) in [5.74, 6) is 2.89. The minimum absolute atomic E-state index is 0.0469. The summed E-state index contributed by atoms with van der Waals surface area (Å²) in [5, 5.41) is 0.667. The topological polar surface area (TPSA) is 72.9 Å².